The maximum Gasteiger partial charge on any atom is 0.191 e. The molecule has 0 aliphatic rings. The quantitative estimate of drug-likeness (QED) is 0.623. The Kier molecular flexibility index (Phi) is 6.73. The summed E-state index contributed by atoms with van der Waals surface area (Å²) >= 11 is 1.73. The van der Waals surface area contributed by atoms with E-state index in [0.717, 1.165) is 23.2 Å². The number of hydrogen-bond acceptors (Lipinski definition) is 4. The van der Waals surface area contributed by atoms with Crippen molar-refractivity contribution in [3.8, 4) is 0 Å². The van der Waals surface area contributed by atoms with Crippen molar-refractivity contribution in [3.05, 3.63) is 45.7 Å². The third-order valence-electron chi connectivity index (χ3n) is 4.11. The molecule has 0 aliphatic carbocycles. The van der Waals surface area contributed by atoms with Gasteiger partial charge in [-0.1, -0.05) is 19.9 Å². The molecule has 2 heterocycles. The maximum atomic E-state index is 4.55. The van der Waals surface area contributed by atoms with Crippen LogP contribution >= 0.6 is 11.3 Å². The molecule has 5 nitrogen and oxygen atoms in total. The van der Waals surface area contributed by atoms with Gasteiger partial charge in [0.2, 0.25) is 0 Å². The molecular weight excluding hydrogens is 318 g/mol. The van der Waals surface area contributed by atoms with Crippen LogP contribution in [-0.2, 0) is 6.54 Å². The SMILES string of the molecule is CN=C(NCc1nc(C)c(C)s1)NCC(c1cccnc1)C(C)C. The van der Waals surface area contributed by atoms with E-state index in [1.54, 1.807) is 18.4 Å². The lowest BCUT2D eigenvalue weighted by Gasteiger charge is -2.22. The van der Waals surface area contributed by atoms with E-state index in [0.29, 0.717) is 18.4 Å². The Morgan fingerprint density at radius 3 is 2.62 bits per heavy atom. The summed E-state index contributed by atoms with van der Waals surface area (Å²) in [6, 6.07) is 4.13. The Labute approximate surface area is 148 Å². The van der Waals surface area contributed by atoms with Crippen LogP contribution in [0.5, 0.6) is 0 Å². The number of aryl methyl sites for hydroxylation is 2. The monoisotopic (exact) mass is 345 g/mol. The molecule has 2 N–H and O–H groups in total. The van der Waals surface area contributed by atoms with Crippen molar-refractivity contribution < 1.29 is 0 Å². The van der Waals surface area contributed by atoms with Crippen LogP contribution in [0.15, 0.2) is 29.5 Å². The zero-order chi connectivity index (χ0) is 17.5. The minimum atomic E-state index is 0.390. The number of guanidine groups is 1. The summed E-state index contributed by atoms with van der Waals surface area (Å²) < 4.78 is 0. The molecule has 6 heteroatoms. The van der Waals surface area contributed by atoms with Crippen LogP contribution in [0, 0.1) is 19.8 Å². The van der Waals surface area contributed by atoms with Gasteiger partial charge in [0.05, 0.1) is 12.2 Å². The van der Waals surface area contributed by atoms with Gasteiger partial charge in [-0.2, -0.15) is 0 Å². The van der Waals surface area contributed by atoms with Crippen LogP contribution < -0.4 is 10.6 Å². The van der Waals surface area contributed by atoms with E-state index in [1.165, 1.54) is 10.4 Å². The highest BCUT2D eigenvalue weighted by molar-refractivity contribution is 7.11. The summed E-state index contributed by atoms with van der Waals surface area (Å²) in [4.78, 5) is 14.4. The Hall–Kier alpha value is -1.95. The fourth-order valence-electron chi connectivity index (χ4n) is 2.54. The topological polar surface area (TPSA) is 62.2 Å². The number of nitrogens with zero attached hydrogens (tertiary/aromatic N) is 3. The van der Waals surface area contributed by atoms with Crippen molar-refractivity contribution >= 4 is 17.3 Å². The molecule has 0 spiro atoms. The van der Waals surface area contributed by atoms with Gasteiger partial charge >= 0.3 is 0 Å². The molecule has 0 saturated heterocycles. The number of nitrogens with one attached hydrogen (secondary N) is 2. The Morgan fingerprint density at radius 2 is 2.08 bits per heavy atom. The highest BCUT2D eigenvalue weighted by atomic mass is 32.1. The molecule has 0 radical (unpaired) electrons. The average Bonchev–Trinajstić information content (AvgIpc) is 2.89. The van der Waals surface area contributed by atoms with Crippen LogP contribution in [0.1, 0.15) is 40.9 Å². The first-order valence-electron chi connectivity index (χ1n) is 8.28. The van der Waals surface area contributed by atoms with E-state index in [9.17, 15) is 0 Å². The minimum absolute atomic E-state index is 0.390. The maximum absolute atomic E-state index is 4.55. The number of aliphatic imine (C=N–C) groups is 1. The van der Waals surface area contributed by atoms with E-state index < -0.39 is 0 Å². The molecule has 1 atom stereocenters. The number of thiazole rings is 1. The standard InChI is InChI=1S/C18H27N5S/c1-12(2)16(15-7-6-8-20-9-15)10-21-18(19-5)22-11-17-23-13(3)14(4)24-17/h6-9,12,16H,10-11H2,1-5H3,(H2,19,21,22). The highest BCUT2D eigenvalue weighted by Crippen LogP contribution is 2.22. The summed E-state index contributed by atoms with van der Waals surface area (Å²) in [6.07, 6.45) is 3.76. The zero-order valence-electron chi connectivity index (χ0n) is 15.1. The Balaban J connectivity index is 1.92. The van der Waals surface area contributed by atoms with Crippen LogP contribution in [0.2, 0.25) is 0 Å². The first-order chi connectivity index (χ1) is 11.5. The second kappa shape index (κ2) is 8.78. The molecule has 2 aromatic rings. The fraction of sp³-hybridized carbons (Fsp3) is 0.500. The smallest absolute Gasteiger partial charge is 0.191 e. The molecule has 2 aromatic heterocycles. The number of rotatable bonds is 6. The first kappa shape index (κ1) is 18.4. The lowest BCUT2D eigenvalue weighted by atomic mass is 9.89. The van der Waals surface area contributed by atoms with Crippen molar-refractivity contribution in [1.29, 1.82) is 0 Å². The number of aromatic nitrogens is 2. The first-order valence-corrected chi connectivity index (χ1v) is 9.10. The summed E-state index contributed by atoms with van der Waals surface area (Å²) in [6.45, 7) is 10.1. The summed E-state index contributed by atoms with van der Waals surface area (Å²) in [5.41, 5.74) is 2.36. The normalized spacial score (nSPS) is 13.2. The van der Waals surface area contributed by atoms with E-state index in [4.69, 9.17) is 0 Å². The molecule has 0 fully saturated rings. The fourth-order valence-corrected chi connectivity index (χ4v) is 3.41. The molecule has 0 bridgehead atoms. The second-order valence-electron chi connectivity index (χ2n) is 6.19. The largest absolute Gasteiger partial charge is 0.356 e. The predicted molar refractivity (Wildman–Crippen MR) is 102 cm³/mol. The predicted octanol–water partition coefficient (Wildman–Crippen LogP) is 3.26. The number of hydrogen-bond donors (Lipinski definition) is 2. The Bertz CT molecular complexity index is 644. The van der Waals surface area contributed by atoms with Gasteiger partial charge in [0.15, 0.2) is 5.96 Å². The minimum Gasteiger partial charge on any atom is -0.356 e. The molecule has 0 aliphatic heterocycles. The summed E-state index contributed by atoms with van der Waals surface area (Å²) in [5, 5.41) is 7.86. The third-order valence-corrected chi connectivity index (χ3v) is 5.18. The lowest BCUT2D eigenvalue weighted by Crippen LogP contribution is -2.39. The Morgan fingerprint density at radius 1 is 1.29 bits per heavy atom. The summed E-state index contributed by atoms with van der Waals surface area (Å²) in [5.74, 6) is 1.71. The van der Waals surface area contributed by atoms with Gasteiger partial charge in [-0.05, 0) is 31.4 Å². The van der Waals surface area contributed by atoms with Gasteiger partial charge < -0.3 is 10.6 Å². The van der Waals surface area contributed by atoms with Gasteiger partial charge in [-0.3, -0.25) is 9.98 Å². The van der Waals surface area contributed by atoms with Crippen LogP contribution in [0.3, 0.4) is 0 Å². The van der Waals surface area contributed by atoms with E-state index in [-0.39, 0.29) is 0 Å². The van der Waals surface area contributed by atoms with Crippen molar-refractivity contribution in [2.75, 3.05) is 13.6 Å². The van der Waals surface area contributed by atoms with E-state index >= 15 is 0 Å². The van der Waals surface area contributed by atoms with Crippen LogP contribution in [-0.4, -0.2) is 29.5 Å². The molecule has 24 heavy (non-hydrogen) atoms. The molecule has 0 saturated carbocycles. The lowest BCUT2D eigenvalue weighted by molar-refractivity contribution is 0.487. The summed E-state index contributed by atoms with van der Waals surface area (Å²) in [7, 11) is 1.79. The van der Waals surface area contributed by atoms with Gasteiger partial charge in [0, 0.05) is 36.8 Å². The molecule has 1 unspecified atom stereocenters. The van der Waals surface area contributed by atoms with E-state index in [2.05, 4.69) is 52.4 Å². The van der Waals surface area contributed by atoms with Gasteiger partial charge in [-0.25, -0.2) is 4.98 Å². The van der Waals surface area contributed by atoms with Gasteiger partial charge in [-0.15, -0.1) is 11.3 Å². The molecular formula is C18H27N5S. The molecule has 130 valence electrons. The van der Waals surface area contributed by atoms with Gasteiger partial charge in [0.1, 0.15) is 5.01 Å². The second-order valence-corrected chi connectivity index (χ2v) is 7.48. The highest BCUT2D eigenvalue weighted by Gasteiger charge is 2.16. The zero-order valence-corrected chi connectivity index (χ0v) is 15.9. The van der Waals surface area contributed by atoms with E-state index in [1.807, 2.05) is 25.4 Å². The number of pyridine rings is 1. The van der Waals surface area contributed by atoms with Crippen LogP contribution in [0.4, 0.5) is 0 Å². The van der Waals surface area contributed by atoms with Gasteiger partial charge in [0.25, 0.3) is 0 Å². The molecule has 2 rings (SSSR count). The van der Waals surface area contributed by atoms with Crippen molar-refractivity contribution in [1.82, 2.24) is 20.6 Å². The molecule has 0 amide bonds. The van der Waals surface area contributed by atoms with Crippen molar-refractivity contribution in [3.63, 3.8) is 0 Å². The van der Waals surface area contributed by atoms with Crippen molar-refractivity contribution in [2.45, 2.75) is 40.2 Å². The van der Waals surface area contributed by atoms with Crippen molar-refractivity contribution in [2.24, 2.45) is 10.9 Å². The third kappa shape index (κ3) is 5.03. The molecule has 0 aromatic carbocycles. The average molecular weight is 346 g/mol. The van der Waals surface area contributed by atoms with Crippen LogP contribution in [0.25, 0.3) is 0 Å².